The third kappa shape index (κ3) is 2.94. The highest BCUT2D eigenvalue weighted by Crippen LogP contribution is 2.29. The molecular weight excluding hydrogens is 238 g/mol. The SMILES string of the molecule is CC1(C)CCCN1C(=O)c1cncc(C#CCN)c1. The molecule has 2 rings (SSSR count). The third-order valence-electron chi connectivity index (χ3n) is 3.47. The van der Waals surface area contributed by atoms with Gasteiger partial charge < -0.3 is 10.6 Å². The molecule has 0 bridgehead atoms. The fourth-order valence-corrected chi connectivity index (χ4v) is 2.42. The predicted molar refractivity (Wildman–Crippen MR) is 74.5 cm³/mol. The van der Waals surface area contributed by atoms with Crippen molar-refractivity contribution in [1.29, 1.82) is 0 Å². The average molecular weight is 257 g/mol. The molecule has 0 radical (unpaired) electrons. The quantitative estimate of drug-likeness (QED) is 0.774. The molecule has 1 saturated heterocycles. The van der Waals surface area contributed by atoms with Gasteiger partial charge in [-0.2, -0.15) is 0 Å². The van der Waals surface area contributed by atoms with E-state index in [1.54, 1.807) is 18.5 Å². The minimum Gasteiger partial charge on any atom is -0.333 e. The number of likely N-dealkylation sites (tertiary alicyclic amines) is 1. The van der Waals surface area contributed by atoms with E-state index >= 15 is 0 Å². The molecule has 4 nitrogen and oxygen atoms in total. The van der Waals surface area contributed by atoms with Crippen LogP contribution in [0.4, 0.5) is 0 Å². The Kier molecular flexibility index (Phi) is 3.87. The monoisotopic (exact) mass is 257 g/mol. The molecule has 4 heteroatoms. The number of nitrogens with two attached hydrogens (primary N) is 1. The van der Waals surface area contributed by atoms with Gasteiger partial charge >= 0.3 is 0 Å². The van der Waals surface area contributed by atoms with E-state index in [0.29, 0.717) is 12.1 Å². The van der Waals surface area contributed by atoms with Gasteiger partial charge in [0.1, 0.15) is 0 Å². The highest BCUT2D eigenvalue weighted by Gasteiger charge is 2.35. The molecule has 2 N–H and O–H groups in total. The Bertz CT molecular complexity index is 540. The first-order valence-corrected chi connectivity index (χ1v) is 6.50. The van der Waals surface area contributed by atoms with Crippen LogP contribution in [0, 0.1) is 11.8 Å². The number of pyridine rings is 1. The van der Waals surface area contributed by atoms with Gasteiger partial charge in [0.2, 0.25) is 0 Å². The van der Waals surface area contributed by atoms with E-state index in [2.05, 4.69) is 30.7 Å². The highest BCUT2D eigenvalue weighted by molar-refractivity contribution is 5.94. The maximum Gasteiger partial charge on any atom is 0.255 e. The summed E-state index contributed by atoms with van der Waals surface area (Å²) in [7, 11) is 0. The van der Waals surface area contributed by atoms with Crippen molar-refractivity contribution in [3.63, 3.8) is 0 Å². The zero-order valence-electron chi connectivity index (χ0n) is 11.4. The molecule has 100 valence electrons. The van der Waals surface area contributed by atoms with Gasteiger partial charge in [0, 0.05) is 30.0 Å². The van der Waals surface area contributed by atoms with Crippen LogP contribution in [0.3, 0.4) is 0 Å². The molecule has 1 aromatic rings. The molecular formula is C15H19N3O. The smallest absolute Gasteiger partial charge is 0.255 e. The zero-order chi connectivity index (χ0) is 13.9. The van der Waals surface area contributed by atoms with E-state index in [1.165, 1.54) is 0 Å². The first kappa shape index (κ1) is 13.6. The third-order valence-corrected chi connectivity index (χ3v) is 3.47. The fraction of sp³-hybridized carbons (Fsp3) is 0.467. The molecule has 1 aliphatic rings. The summed E-state index contributed by atoms with van der Waals surface area (Å²) in [5, 5.41) is 0. The van der Waals surface area contributed by atoms with Crippen LogP contribution in [0.2, 0.25) is 0 Å². The van der Waals surface area contributed by atoms with Gasteiger partial charge in [-0.3, -0.25) is 9.78 Å². The number of rotatable bonds is 1. The molecule has 1 aromatic heterocycles. The zero-order valence-corrected chi connectivity index (χ0v) is 11.4. The normalized spacial score (nSPS) is 16.9. The van der Waals surface area contributed by atoms with E-state index in [1.807, 2.05) is 4.90 Å². The van der Waals surface area contributed by atoms with E-state index in [9.17, 15) is 4.79 Å². The number of nitrogens with zero attached hydrogens (tertiary/aromatic N) is 2. The van der Waals surface area contributed by atoms with Crippen molar-refractivity contribution < 1.29 is 4.79 Å². The van der Waals surface area contributed by atoms with Crippen molar-refractivity contribution >= 4 is 5.91 Å². The molecule has 0 aliphatic carbocycles. The Balaban J connectivity index is 2.24. The largest absolute Gasteiger partial charge is 0.333 e. The molecule has 0 aromatic carbocycles. The Labute approximate surface area is 114 Å². The summed E-state index contributed by atoms with van der Waals surface area (Å²) >= 11 is 0. The van der Waals surface area contributed by atoms with Crippen LogP contribution in [-0.4, -0.2) is 34.4 Å². The second-order valence-corrected chi connectivity index (χ2v) is 5.34. The summed E-state index contributed by atoms with van der Waals surface area (Å²) in [6, 6.07) is 1.78. The van der Waals surface area contributed by atoms with Crippen molar-refractivity contribution in [3.8, 4) is 11.8 Å². The average Bonchev–Trinajstić information content (AvgIpc) is 2.75. The molecule has 0 saturated carbocycles. The summed E-state index contributed by atoms with van der Waals surface area (Å²) in [5.41, 5.74) is 6.59. The number of carbonyl (C=O) groups excluding carboxylic acids is 1. The Morgan fingerprint density at radius 1 is 1.53 bits per heavy atom. The minimum absolute atomic E-state index is 0.0337. The van der Waals surface area contributed by atoms with Crippen LogP contribution in [0.15, 0.2) is 18.5 Å². The van der Waals surface area contributed by atoms with Gasteiger partial charge in [0.15, 0.2) is 0 Å². The van der Waals surface area contributed by atoms with Crippen LogP contribution in [0.25, 0.3) is 0 Å². The number of hydrogen-bond donors (Lipinski definition) is 1. The lowest BCUT2D eigenvalue weighted by atomic mass is 10.0. The van der Waals surface area contributed by atoms with Crippen LogP contribution < -0.4 is 5.73 Å². The lowest BCUT2D eigenvalue weighted by molar-refractivity contribution is 0.0651. The second kappa shape index (κ2) is 5.41. The first-order valence-electron chi connectivity index (χ1n) is 6.50. The van der Waals surface area contributed by atoms with Gasteiger partial charge in [0.05, 0.1) is 12.1 Å². The first-order chi connectivity index (χ1) is 9.04. The number of carbonyl (C=O) groups is 1. The molecule has 1 aliphatic heterocycles. The molecule has 1 amide bonds. The Hall–Kier alpha value is -1.86. The van der Waals surface area contributed by atoms with E-state index in [0.717, 1.165) is 24.9 Å². The number of amides is 1. The number of aromatic nitrogens is 1. The van der Waals surface area contributed by atoms with Crippen molar-refractivity contribution in [3.05, 3.63) is 29.6 Å². The number of hydrogen-bond acceptors (Lipinski definition) is 3. The maximum atomic E-state index is 12.5. The fourth-order valence-electron chi connectivity index (χ4n) is 2.42. The van der Waals surface area contributed by atoms with Crippen molar-refractivity contribution in [1.82, 2.24) is 9.88 Å². The Morgan fingerprint density at radius 2 is 2.32 bits per heavy atom. The van der Waals surface area contributed by atoms with Crippen LogP contribution in [-0.2, 0) is 0 Å². The summed E-state index contributed by atoms with van der Waals surface area (Å²) in [6.45, 7) is 5.31. The Morgan fingerprint density at radius 3 is 2.95 bits per heavy atom. The summed E-state index contributed by atoms with van der Waals surface area (Å²) in [6.07, 6.45) is 5.34. The molecule has 1 fully saturated rings. The van der Waals surface area contributed by atoms with E-state index in [-0.39, 0.29) is 11.4 Å². The van der Waals surface area contributed by atoms with Crippen molar-refractivity contribution in [2.45, 2.75) is 32.2 Å². The summed E-state index contributed by atoms with van der Waals surface area (Å²) < 4.78 is 0. The van der Waals surface area contributed by atoms with Crippen LogP contribution in [0.5, 0.6) is 0 Å². The molecule has 0 atom stereocenters. The topological polar surface area (TPSA) is 59.2 Å². The standard InChI is InChI=1S/C15H19N3O/c1-15(2)6-4-8-18(15)14(19)13-9-12(5-3-7-16)10-17-11-13/h9-11H,4,6-8,16H2,1-2H3. The summed E-state index contributed by atoms with van der Waals surface area (Å²) in [4.78, 5) is 18.5. The highest BCUT2D eigenvalue weighted by atomic mass is 16.2. The summed E-state index contributed by atoms with van der Waals surface area (Å²) in [5.74, 6) is 5.71. The lowest BCUT2D eigenvalue weighted by Gasteiger charge is -2.31. The van der Waals surface area contributed by atoms with E-state index < -0.39 is 0 Å². The van der Waals surface area contributed by atoms with Gasteiger partial charge in [-0.05, 0) is 32.8 Å². The molecule has 19 heavy (non-hydrogen) atoms. The molecule has 2 heterocycles. The molecule has 0 spiro atoms. The van der Waals surface area contributed by atoms with Gasteiger partial charge in [-0.1, -0.05) is 11.8 Å². The second-order valence-electron chi connectivity index (χ2n) is 5.34. The van der Waals surface area contributed by atoms with Gasteiger partial charge in [-0.25, -0.2) is 0 Å². The van der Waals surface area contributed by atoms with E-state index in [4.69, 9.17) is 5.73 Å². The predicted octanol–water partition coefficient (Wildman–Crippen LogP) is 1.41. The van der Waals surface area contributed by atoms with Gasteiger partial charge in [0.25, 0.3) is 5.91 Å². The minimum atomic E-state index is -0.0734. The molecule has 0 unspecified atom stereocenters. The van der Waals surface area contributed by atoms with Crippen LogP contribution in [0.1, 0.15) is 42.6 Å². The van der Waals surface area contributed by atoms with Crippen molar-refractivity contribution in [2.24, 2.45) is 5.73 Å². The lowest BCUT2D eigenvalue weighted by Crippen LogP contribution is -2.42. The van der Waals surface area contributed by atoms with Crippen molar-refractivity contribution in [2.75, 3.05) is 13.1 Å². The van der Waals surface area contributed by atoms with Crippen LogP contribution >= 0.6 is 0 Å². The van der Waals surface area contributed by atoms with Gasteiger partial charge in [-0.15, -0.1) is 0 Å². The maximum absolute atomic E-state index is 12.5.